The van der Waals surface area contributed by atoms with Gasteiger partial charge in [-0.25, -0.2) is 0 Å². The molecule has 3 nitrogen and oxygen atoms in total. The molecule has 0 aliphatic heterocycles. The van der Waals surface area contributed by atoms with E-state index in [0.717, 1.165) is 73.6 Å². The summed E-state index contributed by atoms with van der Waals surface area (Å²) >= 11 is 0. The van der Waals surface area contributed by atoms with Crippen LogP contribution in [0.15, 0.2) is 48.5 Å². The molecule has 196 valence electrons. The summed E-state index contributed by atoms with van der Waals surface area (Å²) in [4.78, 5) is 13.4. The maximum Gasteiger partial charge on any atom is 0.147 e. The summed E-state index contributed by atoms with van der Waals surface area (Å²) in [5.74, 6) is -0.269. The molecule has 0 saturated heterocycles. The maximum atomic E-state index is 13.4. The number of carbonyl (C=O) groups excluding carboxylic acids is 1. The molecule has 0 radical (unpaired) electrons. The van der Waals surface area contributed by atoms with E-state index in [0.29, 0.717) is 0 Å². The van der Waals surface area contributed by atoms with Crippen LogP contribution in [0.5, 0.6) is 0 Å². The number of hydrogen-bond donors (Lipinski definition) is 2. The van der Waals surface area contributed by atoms with Crippen LogP contribution in [-0.2, 0) is 16.0 Å². The molecule has 2 fully saturated rings. The summed E-state index contributed by atoms with van der Waals surface area (Å²) in [6, 6.07) is 16.2. The zero-order valence-corrected chi connectivity index (χ0v) is 23.2. The second-order valence-corrected chi connectivity index (χ2v) is 13.5. The highest BCUT2D eigenvalue weighted by atomic mass is 16.3. The predicted octanol–water partition coefficient (Wildman–Crippen LogP) is 7.74. The molecule has 0 spiro atoms. The maximum absolute atomic E-state index is 13.4. The minimum absolute atomic E-state index is 0.142. The van der Waals surface area contributed by atoms with E-state index in [1.165, 1.54) is 0 Å². The van der Waals surface area contributed by atoms with Gasteiger partial charge in [0.25, 0.3) is 0 Å². The van der Waals surface area contributed by atoms with E-state index in [2.05, 4.69) is 27.7 Å². The van der Waals surface area contributed by atoms with Crippen LogP contribution >= 0.6 is 0 Å². The van der Waals surface area contributed by atoms with Gasteiger partial charge >= 0.3 is 0 Å². The molecule has 0 heterocycles. The minimum atomic E-state index is -0.778. The van der Waals surface area contributed by atoms with Crippen molar-refractivity contribution in [2.45, 2.75) is 116 Å². The first-order valence-electron chi connectivity index (χ1n) is 13.9. The number of hydrogen-bond acceptors (Lipinski definition) is 3. The van der Waals surface area contributed by atoms with Gasteiger partial charge < -0.3 is 10.2 Å². The Hall–Kier alpha value is -1.97. The van der Waals surface area contributed by atoms with Gasteiger partial charge in [0.1, 0.15) is 5.78 Å². The van der Waals surface area contributed by atoms with Crippen molar-refractivity contribution < 1.29 is 15.0 Å². The number of rotatable bonds is 6. The highest BCUT2D eigenvalue weighted by molar-refractivity contribution is 5.91. The molecule has 0 aromatic heterocycles. The predicted molar refractivity (Wildman–Crippen MR) is 147 cm³/mol. The van der Waals surface area contributed by atoms with E-state index in [1.54, 1.807) is 0 Å². The lowest BCUT2D eigenvalue weighted by Crippen LogP contribution is -2.36. The molecule has 2 aliphatic rings. The van der Waals surface area contributed by atoms with Gasteiger partial charge in [-0.2, -0.15) is 0 Å². The summed E-state index contributed by atoms with van der Waals surface area (Å²) in [5, 5.41) is 22.7. The molecule has 0 amide bonds. The van der Waals surface area contributed by atoms with Crippen molar-refractivity contribution in [3.63, 3.8) is 0 Å². The van der Waals surface area contributed by atoms with E-state index in [-0.39, 0.29) is 28.4 Å². The lowest BCUT2D eigenvalue weighted by Gasteiger charge is -2.42. The van der Waals surface area contributed by atoms with Crippen molar-refractivity contribution in [3.05, 3.63) is 70.8 Å². The van der Waals surface area contributed by atoms with Crippen LogP contribution in [0.1, 0.15) is 127 Å². The van der Waals surface area contributed by atoms with Crippen LogP contribution in [0.3, 0.4) is 0 Å². The van der Waals surface area contributed by atoms with Crippen molar-refractivity contribution in [2.24, 2.45) is 10.8 Å². The summed E-state index contributed by atoms with van der Waals surface area (Å²) in [5.41, 5.74) is 2.64. The fraction of sp³-hybridized carbons (Fsp3) is 0.606. The normalized spacial score (nSPS) is 29.3. The first-order valence-corrected chi connectivity index (χ1v) is 13.9. The Morgan fingerprint density at radius 1 is 0.639 bits per heavy atom. The quantitative estimate of drug-likeness (QED) is 0.435. The van der Waals surface area contributed by atoms with Gasteiger partial charge in [-0.1, -0.05) is 90.1 Å². The van der Waals surface area contributed by atoms with E-state index >= 15 is 0 Å². The summed E-state index contributed by atoms with van der Waals surface area (Å²) in [7, 11) is 0. The third kappa shape index (κ3) is 5.63. The first-order chi connectivity index (χ1) is 16.7. The average Bonchev–Trinajstić information content (AvgIpc) is 2.81. The van der Waals surface area contributed by atoms with Gasteiger partial charge in [-0.05, 0) is 84.5 Å². The SMILES string of the molecule is CC(C(=O)C(C)c1ccc(C2(O)CCCC(C)(C)C2)cc1)c1ccc(C2(O)CCCC(C)(C)C2)cc1. The molecular formula is C33H46O3. The molecule has 2 aromatic carbocycles. The molecule has 4 rings (SSSR count). The van der Waals surface area contributed by atoms with Gasteiger partial charge in [0.05, 0.1) is 11.2 Å². The Morgan fingerprint density at radius 3 is 1.28 bits per heavy atom. The van der Waals surface area contributed by atoms with Gasteiger partial charge in [0.2, 0.25) is 0 Å². The van der Waals surface area contributed by atoms with E-state index < -0.39 is 11.2 Å². The Morgan fingerprint density at radius 2 is 0.972 bits per heavy atom. The van der Waals surface area contributed by atoms with Crippen molar-refractivity contribution >= 4 is 5.78 Å². The molecular weight excluding hydrogens is 444 g/mol. The third-order valence-corrected chi connectivity index (χ3v) is 9.18. The number of benzene rings is 2. The molecule has 2 aliphatic carbocycles. The highest BCUT2D eigenvalue weighted by Crippen LogP contribution is 2.47. The zero-order valence-electron chi connectivity index (χ0n) is 23.2. The van der Waals surface area contributed by atoms with Crippen molar-refractivity contribution in [1.29, 1.82) is 0 Å². The summed E-state index contributed by atoms with van der Waals surface area (Å²) in [6.45, 7) is 12.9. The van der Waals surface area contributed by atoms with Gasteiger partial charge in [0, 0.05) is 11.8 Å². The van der Waals surface area contributed by atoms with Crippen LogP contribution in [0.2, 0.25) is 0 Å². The number of carbonyl (C=O) groups is 1. The molecule has 2 N–H and O–H groups in total. The Labute approximate surface area is 218 Å². The van der Waals surface area contributed by atoms with Crippen LogP contribution in [0.25, 0.3) is 0 Å². The van der Waals surface area contributed by atoms with Crippen LogP contribution < -0.4 is 0 Å². The van der Waals surface area contributed by atoms with Crippen LogP contribution in [0.4, 0.5) is 0 Å². The summed E-state index contributed by atoms with van der Waals surface area (Å²) < 4.78 is 0. The Balaban J connectivity index is 1.45. The molecule has 36 heavy (non-hydrogen) atoms. The second kappa shape index (κ2) is 9.72. The highest BCUT2D eigenvalue weighted by Gasteiger charge is 2.41. The van der Waals surface area contributed by atoms with Crippen LogP contribution in [0, 0.1) is 10.8 Å². The molecule has 2 aromatic rings. The van der Waals surface area contributed by atoms with E-state index in [4.69, 9.17) is 0 Å². The van der Waals surface area contributed by atoms with E-state index in [9.17, 15) is 15.0 Å². The zero-order chi connectivity index (χ0) is 26.4. The topological polar surface area (TPSA) is 57.5 Å². The molecule has 4 atom stereocenters. The minimum Gasteiger partial charge on any atom is -0.385 e. The average molecular weight is 491 g/mol. The van der Waals surface area contributed by atoms with E-state index in [1.807, 2.05) is 62.4 Å². The smallest absolute Gasteiger partial charge is 0.147 e. The fourth-order valence-corrected chi connectivity index (χ4v) is 7.02. The van der Waals surface area contributed by atoms with Crippen molar-refractivity contribution in [1.82, 2.24) is 0 Å². The number of Topliss-reactive ketones (excluding diaryl/α,β-unsaturated/α-hetero) is 1. The Kier molecular flexibility index (Phi) is 7.31. The largest absolute Gasteiger partial charge is 0.385 e. The van der Waals surface area contributed by atoms with Gasteiger partial charge in [0.15, 0.2) is 0 Å². The van der Waals surface area contributed by atoms with Crippen molar-refractivity contribution in [2.75, 3.05) is 0 Å². The molecule has 0 bridgehead atoms. The standard InChI is InChI=1S/C33H46O3/c1-23(25-9-13-27(14-10-25)32(35)19-7-17-30(3,4)21-32)29(34)24(2)26-11-15-28(16-12-26)33(36)20-8-18-31(5,6)22-33/h9-16,23-24,35-36H,7-8,17-22H2,1-6H3. The third-order valence-electron chi connectivity index (χ3n) is 9.18. The lowest BCUT2D eigenvalue weighted by atomic mass is 9.67. The summed E-state index contributed by atoms with van der Waals surface area (Å²) in [6.07, 6.45) is 7.50. The number of ketones is 1. The van der Waals surface area contributed by atoms with Crippen molar-refractivity contribution in [3.8, 4) is 0 Å². The fourth-order valence-electron chi connectivity index (χ4n) is 7.02. The second-order valence-electron chi connectivity index (χ2n) is 13.5. The van der Waals surface area contributed by atoms with Gasteiger partial charge in [-0.15, -0.1) is 0 Å². The molecule has 3 heteroatoms. The van der Waals surface area contributed by atoms with Crippen LogP contribution in [-0.4, -0.2) is 16.0 Å². The monoisotopic (exact) mass is 490 g/mol. The number of aliphatic hydroxyl groups is 2. The first kappa shape index (κ1) is 27.1. The molecule has 4 unspecified atom stereocenters. The van der Waals surface area contributed by atoms with Gasteiger partial charge in [-0.3, -0.25) is 4.79 Å². The Bertz CT molecular complexity index is 980. The lowest BCUT2D eigenvalue weighted by molar-refractivity contribution is -0.121. The molecule has 2 saturated carbocycles.